The molecule has 0 amide bonds. The first-order chi connectivity index (χ1) is 7.86. The largest absolute Gasteiger partial charge is 0.317 e. The van der Waals surface area contributed by atoms with Gasteiger partial charge < -0.3 is 5.32 Å². The molecule has 0 aromatic carbocycles. The summed E-state index contributed by atoms with van der Waals surface area (Å²) in [6, 6.07) is 0. The molecule has 17 heavy (non-hydrogen) atoms. The molecule has 1 N–H and O–H groups in total. The third-order valence-electron chi connectivity index (χ3n) is 3.97. The van der Waals surface area contributed by atoms with Gasteiger partial charge in [0.05, 0.1) is 5.69 Å². The van der Waals surface area contributed by atoms with Gasteiger partial charge in [-0.05, 0) is 55.8 Å². The maximum atomic E-state index is 4.13. The van der Waals surface area contributed by atoms with Gasteiger partial charge in [-0.15, -0.1) is 17.5 Å². The molecule has 96 valence electrons. The van der Waals surface area contributed by atoms with E-state index in [0.717, 1.165) is 12.2 Å². The molecule has 0 aliphatic carbocycles. The smallest absolute Gasteiger partial charge is 0.0895 e. The molecular formula is C11H19ClN4S. The van der Waals surface area contributed by atoms with Gasteiger partial charge >= 0.3 is 0 Å². The molecule has 0 bridgehead atoms. The lowest BCUT2D eigenvalue weighted by atomic mass is 9.78. The molecule has 1 spiro atoms. The summed E-state index contributed by atoms with van der Waals surface area (Å²) in [7, 11) is 0. The topological polar surface area (TPSA) is 41.1 Å². The van der Waals surface area contributed by atoms with Crippen LogP contribution in [0.25, 0.3) is 0 Å². The van der Waals surface area contributed by atoms with E-state index in [-0.39, 0.29) is 12.4 Å². The predicted octanol–water partition coefficient (Wildman–Crippen LogP) is 1.54. The van der Waals surface area contributed by atoms with Crippen LogP contribution in [0.5, 0.6) is 0 Å². The van der Waals surface area contributed by atoms with Gasteiger partial charge in [-0.25, -0.2) is 0 Å². The first kappa shape index (κ1) is 13.2. The number of rotatable bonds is 2. The van der Waals surface area contributed by atoms with E-state index in [1.54, 1.807) is 0 Å². The second-order valence-corrected chi connectivity index (χ2v) is 5.72. The van der Waals surface area contributed by atoms with E-state index in [1.165, 1.54) is 57.0 Å². The summed E-state index contributed by atoms with van der Waals surface area (Å²) in [5.41, 5.74) is 1.74. The molecule has 1 aromatic heterocycles. The average Bonchev–Trinajstić information content (AvgIpc) is 2.92. The Balaban J connectivity index is 0.00000108. The zero-order valence-corrected chi connectivity index (χ0v) is 11.5. The number of halogens is 1. The maximum absolute atomic E-state index is 4.13. The Morgan fingerprint density at radius 1 is 1.35 bits per heavy atom. The lowest BCUT2D eigenvalue weighted by Gasteiger charge is -2.33. The molecule has 0 radical (unpaired) electrons. The van der Waals surface area contributed by atoms with Gasteiger partial charge in [0.2, 0.25) is 0 Å². The van der Waals surface area contributed by atoms with Crippen LogP contribution >= 0.6 is 23.9 Å². The number of nitrogens with one attached hydrogen (secondary N) is 1. The van der Waals surface area contributed by atoms with Crippen LogP contribution in [0.1, 0.15) is 25.0 Å². The average molecular weight is 275 g/mol. The van der Waals surface area contributed by atoms with Crippen molar-refractivity contribution >= 4 is 23.9 Å². The van der Waals surface area contributed by atoms with Crippen LogP contribution in [-0.2, 0) is 6.54 Å². The summed E-state index contributed by atoms with van der Waals surface area (Å²) in [4.78, 5) is 2.54. The summed E-state index contributed by atoms with van der Waals surface area (Å²) < 4.78 is 3.92. The lowest BCUT2D eigenvalue weighted by molar-refractivity contribution is 0.193. The summed E-state index contributed by atoms with van der Waals surface area (Å²) in [5.74, 6) is 0. The summed E-state index contributed by atoms with van der Waals surface area (Å²) in [5, 5.41) is 9.65. The Labute approximate surface area is 112 Å². The summed E-state index contributed by atoms with van der Waals surface area (Å²) >= 11 is 1.45. The molecule has 0 unspecified atom stereocenters. The SMILES string of the molecule is Cl.c1snnc1CN1CCC2(CCNCC2)C1. The number of nitrogens with zero attached hydrogens (tertiary/aromatic N) is 3. The molecular weight excluding hydrogens is 256 g/mol. The number of piperidine rings is 1. The summed E-state index contributed by atoms with van der Waals surface area (Å²) in [6.07, 6.45) is 4.06. The molecule has 3 heterocycles. The fourth-order valence-electron chi connectivity index (χ4n) is 3.01. The Morgan fingerprint density at radius 3 is 2.88 bits per heavy atom. The van der Waals surface area contributed by atoms with E-state index < -0.39 is 0 Å². The van der Waals surface area contributed by atoms with Crippen LogP contribution in [0.4, 0.5) is 0 Å². The van der Waals surface area contributed by atoms with Crippen LogP contribution in [0.3, 0.4) is 0 Å². The van der Waals surface area contributed by atoms with Crippen LogP contribution in [0.2, 0.25) is 0 Å². The number of hydrogen-bond acceptors (Lipinski definition) is 5. The molecule has 6 heteroatoms. The van der Waals surface area contributed by atoms with Gasteiger partial charge in [-0.3, -0.25) is 4.90 Å². The van der Waals surface area contributed by atoms with Crippen molar-refractivity contribution in [3.8, 4) is 0 Å². The van der Waals surface area contributed by atoms with Crippen LogP contribution in [0, 0.1) is 5.41 Å². The van der Waals surface area contributed by atoms with Crippen LogP contribution < -0.4 is 5.32 Å². The molecule has 2 aliphatic heterocycles. The van der Waals surface area contributed by atoms with Crippen molar-refractivity contribution < 1.29 is 0 Å². The van der Waals surface area contributed by atoms with Crippen molar-refractivity contribution in [2.45, 2.75) is 25.8 Å². The van der Waals surface area contributed by atoms with Gasteiger partial charge in [0, 0.05) is 18.5 Å². The van der Waals surface area contributed by atoms with Gasteiger partial charge in [-0.2, -0.15) is 0 Å². The van der Waals surface area contributed by atoms with Gasteiger partial charge in [0.25, 0.3) is 0 Å². The number of aromatic nitrogens is 2. The molecule has 0 atom stereocenters. The van der Waals surface area contributed by atoms with E-state index in [4.69, 9.17) is 0 Å². The first-order valence-electron chi connectivity index (χ1n) is 6.05. The Kier molecular flexibility index (Phi) is 4.36. The fraction of sp³-hybridized carbons (Fsp3) is 0.818. The molecule has 2 saturated heterocycles. The highest BCUT2D eigenvalue weighted by Crippen LogP contribution is 2.38. The standard InChI is InChI=1S/C11H18N4S.ClH/c1-4-12-5-2-11(1)3-6-15(9-11)7-10-8-16-14-13-10;/h8,12H,1-7,9H2;1H. The Bertz CT molecular complexity index is 337. The van der Waals surface area contributed by atoms with Crippen LogP contribution in [0.15, 0.2) is 5.38 Å². The molecule has 0 saturated carbocycles. The third kappa shape index (κ3) is 2.96. The highest BCUT2D eigenvalue weighted by Gasteiger charge is 2.38. The minimum absolute atomic E-state index is 0. The fourth-order valence-corrected chi connectivity index (χ4v) is 3.45. The quantitative estimate of drug-likeness (QED) is 0.888. The molecule has 1 aromatic rings. The minimum atomic E-state index is 0. The van der Waals surface area contributed by atoms with Crippen molar-refractivity contribution in [2.75, 3.05) is 26.2 Å². The predicted molar refractivity (Wildman–Crippen MR) is 71.6 cm³/mol. The first-order valence-corrected chi connectivity index (χ1v) is 6.89. The molecule has 3 rings (SSSR count). The number of likely N-dealkylation sites (tertiary alicyclic amines) is 1. The van der Waals surface area contributed by atoms with E-state index in [2.05, 4.69) is 25.2 Å². The van der Waals surface area contributed by atoms with Gasteiger partial charge in [-0.1, -0.05) is 4.49 Å². The molecule has 2 aliphatic rings. The maximum Gasteiger partial charge on any atom is 0.0895 e. The second kappa shape index (κ2) is 5.61. The number of hydrogen-bond donors (Lipinski definition) is 1. The monoisotopic (exact) mass is 274 g/mol. The van der Waals surface area contributed by atoms with Gasteiger partial charge in [0.1, 0.15) is 0 Å². The van der Waals surface area contributed by atoms with Crippen LogP contribution in [-0.4, -0.2) is 40.7 Å². The second-order valence-electron chi connectivity index (χ2n) is 5.11. The van der Waals surface area contributed by atoms with Crippen molar-refractivity contribution in [1.29, 1.82) is 0 Å². The zero-order chi connectivity index (χ0) is 10.8. The third-order valence-corrected chi connectivity index (χ3v) is 4.53. The zero-order valence-electron chi connectivity index (χ0n) is 9.89. The highest BCUT2D eigenvalue weighted by molar-refractivity contribution is 7.03. The normalized spacial score (nSPS) is 23.8. The minimum Gasteiger partial charge on any atom is -0.317 e. The highest BCUT2D eigenvalue weighted by atomic mass is 35.5. The van der Waals surface area contributed by atoms with Crippen molar-refractivity contribution in [3.05, 3.63) is 11.1 Å². The Morgan fingerprint density at radius 2 is 2.18 bits per heavy atom. The van der Waals surface area contributed by atoms with Crippen molar-refractivity contribution in [1.82, 2.24) is 19.8 Å². The van der Waals surface area contributed by atoms with Crippen molar-refractivity contribution in [2.24, 2.45) is 5.41 Å². The molecule has 4 nitrogen and oxygen atoms in total. The summed E-state index contributed by atoms with van der Waals surface area (Å²) in [6.45, 7) is 5.88. The van der Waals surface area contributed by atoms with E-state index in [0.29, 0.717) is 5.41 Å². The van der Waals surface area contributed by atoms with Crippen molar-refractivity contribution in [3.63, 3.8) is 0 Å². The van der Waals surface area contributed by atoms with E-state index in [1.807, 2.05) is 0 Å². The van der Waals surface area contributed by atoms with E-state index >= 15 is 0 Å². The molecule has 2 fully saturated rings. The Hall–Kier alpha value is -0.230. The van der Waals surface area contributed by atoms with E-state index in [9.17, 15) is 0 Å². The van der Waals surface area contributed by atoms with Gasteiger partial charge in [0.15, 0.2) is 0 Å². The lowest BCUT2D eigenvalue weighted by Crippen LogP contribution is -2.38.